The van der Waals surface area contributed by atoms with Gasteiger partial charge in [0.15, 0.2) is 18.1 Å². The molecule has 3 atom stereocenters. The number of benzene rings is 1. The number of hydrogen-bond acceptors (Lipinski definition) is 7. The summed E-state index contributed by atoms with van der Waals surface area (Å²) < 4.78 is 11.5. The predicted octanol–water partition coefficient (Wildman–Crippen LogP) is 2.50. The minimum absolute atomic E-state index is 0.223. The number of nitrogens with one attached hydrogen (secondary N) is 1. The van der Waals surface area contributed by atoms with E-state index in [-0.39, 0.29) is 24.2 Å². The van der Waals surface area contributed by atoms with E-state index in [9.17, 15) is 5.11 Å². The number of ether oxygens (including phenoxy) is 2. The Morgan fingerprint density at radius 2 is 2.10 bits per heavy atom. The fourth-order valence-corrected chi connectivity index (χ4v) is 4.75. The summed E-state index contributed by atoms with van der Waals surface area (Å²) in [7, 11) is 1.65. The molecule has 0 radical (unpaired) electrons. The van der Waals surface area contributed by atoms with Crippen LogP contribution in [0.25, 0.3) is 0 Å². The Hall–Kier alpha value is -2.19. The van der Waals surface area contributed by atoms with Crippen molar-refractivity contribution < 1.29 is 14.6 Å². The first-order valence-corrected chi connectivity index (χ1v) is 10.3. The zero-order valence-corrected chi connectivity index (χ0v) is 17.7. The maximum absolute atomic E-state index is 10.9. The number of aliphatic hydroxyl groups excluding tert-OH is 1. The Kier molecular flexibility index (Phi) is 5.48. The second-order valence-electron chi connectivity index (χ2n) is 9.41. The molecule has 2 N–H and O–H groups in total. The predicted molar refractivity (Wildman–Crippen MR) is 108 cm³/mol. The number of H-pyrrole nitrogens is 1. The van der Waals surface area contributed by atoms with Crippen LogP contribution in [-0.4, -0.2) is 56.9 Å². The van der Waals surface area contributed by atoms with Gasteiger partial charge < -0.3 is 14.6 Å². The molecule has 1 aromatic carbocycles. The van der Waals surface area contributed by atoms with Crippen LogP contribution in [0.15, 0.2) is 12.1 Å². The van der Waals surface area contributed by atoms with Gasteiger partial charge >= 0.3 is 0 Å². The van der Waals surface area contributed by atoms with E-state index in [1.807, 2.05) is 0 Å². The first kappa shape index (κ1) is 20.1. The van der Waals surface area contributed by atoms with Crippen LogP contribution in [0.2, 0.25) is 0 Å². The molecular weight excluding hydrogens is 370 g/mol. The number of hydrogen-bond donors (Lipinski definition) is 2. The smallest absolute Gasteiger partial charge is 0.211 e. The minimum atomic E-state index is -0.276. The van der Waals surface area contributed by atoms with E-state index in [0.717, 1.165) is 32.4 Å². The van der Waals surface area contributed by atoms with E-state index in [0.29, 0.717) is 23.2 Å². The van der Waals surface area contributed by atoms with E-state index >= 15 is 0 Å². The molecule has 2 aliphatic heterocycles. The molecule has 0 unspecified atom stereocenters. The lowest BCUT2D eigenvalue weighted by Crippen LogP contribution is -2.48. The number of fused-ring (bicyclic) bond motifs is 3. The molecule has 2 aromatic rings. The summed E-state index contributed by atoms with van der Waals surface area (Å²) in [4.78, 5) is 2.53. The average molecular weight is 402 g/mol. The van der Waals surface area contributed by atoms with Crippen molar-refractivity contribution in [2.75, 3.05) is 20.2 Å². The summed E-state index contributed by atoms with van der Waals surface area (Å²) in [5, 5.41) is 24.7. The number of aromatic amines is 1. The van der Waals surface area contributed by atoms with Crippen molar-refractivity contribution in [1.82, 2.24) is 25.5 Å². The van der Waals surface area contributed by atoms with E-state index < -0.39 is 0 Å². The number of piperidine rings is 1. The van der Waals surface area contributed by atoms with Crippen molar-refractivity contribution in [2.45, 2.75) is 58.8 Å². The molecular formula is C21H31N5O3. The van der Waals surface area contributed by atoms with Gasteiger partial charge in [-0.1, -0.05) is 26.0 Å². The Balaban J connectivity index is 1.54. The van der Waals surface area contributed by atoms with Gasteiger partial charge in [0.05, 0.1) is 13.2 Å². The van der Waals surface area contributed by atoms with Crippen molar-refractivity contribution in [2.24, 2.45) is 11.3 Å². The van der Waals surface area contributed by atoms with Gasteiger partial charge in [-0.15, -0.1) is 10.2 Å². The third-order valence-corrected chi connectivity index (χ3v) is 5.99. The number of aliphatic hydroxyl groups is 1. The maximum Gasteiger partial charge on any atom is 0.211 e. The molecule has 0 bridgehead atoms. The van der Waals surface area contributed by atoms with Crippen LogP contribution in [0, 0.1) is 11.3 Å². The molecule has 29 heavy (non-hydrogen) atoms. The zero-order chi connectivity index (χ0) is 20.6. The number of rotatable bonds is 5. The highest BCUT2D eigenvalue weighted by Crippen LogP contribution is 2.44. The Labute approximate surface area is 171 Å². The number of tetrazole rings is 1. The van der Waals surface area contributed by atoms with Crippen molar-refractivity contribution in [1.29, 1.82) is 0 Å². The van der Waals surface area contributed by atoms with Crippen LogP contribution in [-0.2, 0) is 13.0 Å². The van der Waals surface area contributed by atoms with Crippen LogP contribution in [0.4, 0.5) is 0 Å². The van der Waals surface area contributed by atoms with Crippen molar-refractivity contribution in [3.63, 3.8) is 0 Å². The van der Waals surface area contributed by atoms with Gasteiger partial charge in [0.25, 0.3) is 0 Å². The van der Waals surface area contributed by atoms with Gasteiger partial charge in [0.1, 0.15) is 0 Å². The quantitative estimate of drug-likeness (QED) is 0.794. The maximum atomic E-state index is 10.9. The standard InChI is InChI=1S/C21H31N5O3/c1-21(2,3)10-14-11-26-6-5-13-7-19(29-12-20-22-24-25-23-20)18(28-4)8-15(13)16(26)9-17(14)27/h7-8,14,16-17,27H,5-6,9-12H2,1-4H3,(H,22,23,24,25)/t14-,16-,17-/m1/s1. The van der Waals surface area contributed by atoms with E-state index in [4.69, 9.17) is 9.47 Å². The van der Waals surface area contributed by atoms with Gasteiger partial charge in [-0.05, 0) is 53.9 Å². The summed E-state index contributed by atoms with van der Waals surface area (Å²) in [6.07, 6.45) is 2.49. The van der Waals surface area contributed by atoms with Gasteiger partial charge in [0, 0.05) is 19.1 Å². The van der Waals surface area contributed by atoms with E-state index in [1.165, 1.54) is 11.1 Å². The van der Waals surface area contributed by atoms with Gasteiger partial charge in [-0.2, -0.15) is 5.21 Å². The van der Waals surface area contributed by atoms with E-state index in [1.54, 1.807) is 7.11 Å². The highest BCUT2D eigenvalue weighted by atomic mass is 16.5. The number of methoxy groups -OCH3 is 1. The highest BCUT2D eigenvalue weighted by Gasteiger charge is 2.39. The molecule has 3 heterocycles. The fraction of sp³-hybridized carbons (Fsp3) is 0.667. The topological polar surface area (TPSA) is 96.4 Å². The first-order chi connectivity index (χ1) is 13.8. The van der Waals surface area contributed by atoms with Crippen molar-refractivity contribution in [3.05, 3.63) is 29.1 Å². The van der Waals surface area contributed by atoms with Gasteiger partial charge in [-0.3, -0.25) is 4.90 Å². The number of nitrogens with zero attached hydrogens (tertiary/aromatic N) is 4. The summed E-state index contributed by atoms with van der Waals surface area (Å²) in [6.45, 7) is 8.92. The molecule has 8 heteroatoms. The van der Waals surface area contributed by atoms with Crippen LogP contribution in [0.1, 0.15) is 56.6 Å². The molecule has 1 fully saturated rings. The lowest BCUT2D eigenvalue weighted by molar-refractivity contribution is -0.0259. The molecule has 158 valence electrons. The van der Waals surface area contributed by atoms with Gasteiger partial charge in [-0.25, -0.2) is 0 Å². The lowest BCUT2D eigenvalue weighted by atomic mass is 9.75. The van der Waals surface area contributed by atoms with Crippen molar-refractivity contribution >= 4 is 0 Å². The SMILES string of the molecule is COc1cc2c(cc1OCc1nn[nH]n1)CCN1C[C@@H](CC(C)(C)C)[C@H](O)C[C@H]21. The molecule has 1 aromatic heterocycles. The average Bonchev–Trinajstić information content (AvgIpc) is 3.19. The van der Waals surface area contributed by atoms with Crippen LogP contribution in [0.5, 0.6) is 11.5 Å². The minimum Gasteiger partial charge on any atom is -0.493 e. The molecule has 4 rings (SSSR count). The monoisotopic (exact) mass is 401 g/mol. The second kappa shape index (κ2) is 7.91. The lowest BCUT2D eigenvalue weighted by Gasteiger charge is -2.47. The second-order valence-corrected chi connectivity index (χ2v) is 9.41. The third kappa shape index (κ3) is 4.38. The molecule has 0 amide bonds. The Bertz CT molecular complexity index is 834. The van der Waals surface area contributed by atoms with E-state index in [2.05, 4.69) is 58.4 Å². The first-order valence-electron chi connectivity index (χ1n) is 10.3. The fourth-order valence-electron chi connectivity index (χ4n) is 4.75. The zero-order valence-electron chi connectivity index (χ0n) is 17.7. The third-order valence-electron chi connectivity index (χ3n) is 5.99. The van der Waals surface area contributed by atoms with Crippen molar-refractivity contribution in [3.8, 4) is 11.5 Å². The molecule has 0 saturated carbocycles. The van der Waals surface area contributed by atoms with Gasteiger partial charge in [0.2, 0.25) is 5.82 Å². The van der Waals surface area contributed by atoms with Crippen LogP contribution in [0.3, 0.4) is 0 Å². The molecule has 1 saturated heterocycles. The molecule has 0 aliphatic carbocycles. The summed E-state index contributed by atoms with van der Waals surface area (Å²) in [5.74, 6) is 2.20. The van der Waals surface area contributed by atoms with Crippen LogP contribution >= 0.6 is 0 Å². The number of aromatic nitrogens is 4. The van der Waals surface area contributed by atoms with Crippen LogP contribution < -0.4 is 9.47 Å². The highest BCUT2D eigenvalue weighted by molar-refractivity contribution is 5.49. The largest absolute Gasteiger partial charge is 0.493 e. The Morgan fingerprint density at radius 1 is 1.28 bits per heavy atom. The Morgan fingerprint density at radius 3 is 2.79 bits per heavy atom. The summed E-state index contributed by atoms with van der Waals surface area (Å²) >= 11 is 0. The summed E-state index contributed by atoms with van der Waals surface area (Å²) in [5.41, 5.74) is 2.73. The molecule has 0 spiro atoms. The molecule has 2 aliphatic rings. The molecule has 8 nitrogen and oxygen atoms in total. The normalized spacial score (nSPS) is 24.7. The summed E-state index contributed by atoms with van der Waals surface area (Å²) in [6, 6.07) is 4.37.